The largest absolute Gasteiger partial charge is 0.394 e. The molecule has 0 aliphatic carbocycles. The molecule has 0 saturated carbocycles. The SMILES string of the molecule is CC(C)[C@@H](CO)Nc1ccc(-n2ncc(Cl)c(Cl)c2=O)cc1Cl. The number of rotatable bonds is 5. The molecule has 0 saturated heterocycles. The number of aliphatic hydroxyl groups is 1. The zero-order chi connectivity index (χ0) is 17.1. The van der Waals surface area contributed by atoms with Crippen LogP contribution in [0.4, 0.5) is 5.69 Å². The summed E-state index contributed by atoms with van der Waals surface area (Å²) in [5.74, 6) is 0.232. The van der Waals surface area contributed by atoms with Gasteiger partial charge in [0.1, 0.15) is 5.02 Å². The maximum atomic E-state index is 12.1. The first kappa shape index (κ1) is 18.1. The molecule has 0 spiro atoms. The molecule has 0 aliphatic heterocycles. The van der Waals surface area contributed by atoms with Gasteiger partial charge in [-0.2, -0.15) is 9.78 Å². The molecule has 1 aromatic carbocycles. The van der Waals surface area contributed by atoms with Gasteiger partial charge >= 0.3 is 0 Å². The number of halogens is 3. The standard InChI is InChI=1S/C15H16Cl3N3O2/c1-8(2)13(7-22)20-12-4-3-9(5-10(12)16)21-15(23)14(18)11(17)6-19-21/h3-6,8,13,20,22H,7H2,1-2H3/t13-/m1/s1. The monoisotopic (exact) mass is 375 g/mol. The van der Waals surface area contributed by atoms with Crippen LogP contribution in [0.3, 0.4) is 0 Å². The van der Waals surface area contributed by atoms with Gasteiger partial charge in [-0.25, -0.2) is 0 Å². The summed E-state index contributed by atoms with van der Waals surface area (Å²) >= 11 is 17.9. The van der Waals surface area contributed by atoms with Crippen molar-refractivity contribution in [3.05, 3.63) is 49.8 Å². The smallest absolute Gasteiger partial charge is 0.291 e. The van der Waals surface area contributed by atoms with Crippen LogP contribution >= 0.6 is 34.8 Å². The first-order chi connectivity index (χ1) is 10.8. The summed E-state index contributed by atoms with van der Waals surface area (Å²) in [6.07, 6.45) is 1.30. The summed E-state index contributed by atoms with van der Waals surface area (Å²) in [5.41, 5.74) is 0.608. The number of hydrogen-bond donors (Lipinski definition) is 2. The Balaban J connectivity index is 2.37. The van der Waals surface area contributed by atoms with E-state index in [0.717, 1.165) is 4.68 Å². The van der Waals surface area contributed by atoms with Crippen LogP contribution < -0.4 is 10.9 Å². The highest BCUT2D eigenvalue weighted by molar-refractivity contribution is 6.41. The van der Waals surface area contributed by atoms with E-state index in [2.05, 4.69) is 10.4 Å². The summed E-state index contributed by atoms with van der Waals surface area (Å²) in [6, 6.07) is 4.88. The quantitative estimate of drug-likeness (QED) is 0.836. The van der Waals surface area contributed by atoms with Crippen molar-refractivity contribution >= 4 is 40.5 Å². The van der Waals surface area contributed by atoms with Crippen molar-refractivity contribution in [3.63, 3.8) is 0 Å². The molecule has 124 valence electrons. The Bertz CT molecular complexity index is 762. The van der Waals surface area contributed by atoms with E-state index in [0.29, 0.717) is 16.4 Å². The lowest BCUT2D eigenvalue weighted by Crippen LogP contribution is -2.29. The molecular weight excluding hydrogens is 361 g/mol. The Morgan fingerprint density at radius 1 is 1.26 bits per heavy atom. The van der Waals surface area contributed by atoms with Crippen LogP contribution in [0, 0.1) is 5.92 Å². The third kappa shape index (κ3) is 3.98. The molecule has 1 aromatic heterocycles. The van der Waals surface area contributed by atoms with Gasteiger partial charge in [-0.15, -0.1) is 0 Å². The number of aromatic nitrogens is 2. The molecule has 0 amide bonds. The maximum absolute atomic E-state index is 12.1. The molecular formula is C15H16Cl3N3O2. The minimum absolute atomic E-state index is 0.0104. The van der Waals surface area contributed by atoms with Gasteiger partial charge in [0.2, 0.25) is 0 Å². The number of aliphatic hydroxyl groups excluding tert-OH is 1. The predicted octanol–water partition coefficient (Wildman–Crippen LogP) is 3.62. The topological polar surface area (TPSA) is 67.2 Å². The Kier molecular flexibility index (Phi) is 5.92. The predicted molar refractivity (Wildman–Crippen MR) is 94.2 cm³/mol. The molecule has 2 N–H and O–H groups in total. The van der Waals surface area contributed by atoms with E-state index in [4.69, 9.17) is 34.8 Å². The molecule has 23 heavy (non-hydrogen) atoms. The molecule has 0 radical (unpaired) electrons. The van der Waals surface area contributed by atoms with E-state index < -0.39 is 5.56 Å². The summed E-state index contributed by atoms with van der Waals surface area (Å²) in [7, 11) is 0. The van der Waals surface area contributed by atoms with E-state index in [-0.39, 0.29) is 28.6 Å². The van der Waals surface area contributed by atoms with Gasteiger partial charge in [0, 0.05) is 0 Å². The lowest BCUT2D eigenvalue weighted by Gasteiger charge is -2.22. The highest BCUT2D eigenvalue weighted by Gasteiger charge is 2.15. The molecule has 1 atom stereocenters. The van der Waals surface area contributed by atoms with Crippen LogP contribution in [0.15, 0.2) is 29.2 Å². The number of benzene rings is 1. The minimum atomic E-state index is -0.522. The van der Waals surface area contributed by atoms with Gasteiger partial charge in [-0.05, 0) is 24.1 Å². The van der Waals surface area contributed by atoms with Crippen LogP contribution in [0.25, 0.3) is 5.69 Å². The summed E-state index contributed by atoms with van der Waals surface area (Å²) in [6.45, 7) is 3.98. The van der Waals surface area contributed by atoms with E-state index >= 15 is 0 Å². The first-order valence-corrected chi connectivity index (χ1v) is 8.09. The van der Waals surface area contributed by atoms with E-state index in [1.165, 1.54) is 6.20 Å². The Labute approximate surface area is 148 Å². The molecule has 8 heteroatoms. The fraction of sp³-hybridized carbons (Fsp3) is 0.333. The maximum Gasteiger partial charge on any atom is 0.291 e. The highest BCUT2D eigenvalue weighted by Crippen LogP contribution is 2.26. The Hall–Kier alpha value is -1.27. The Morgan fingerprint density at radius 3 is 2.52 bits per heavy atom. The van der Waals surface area contributed by atoms with E-state index in [9.17, 15) is 9.90 Å². The first-order valence-electron chi connectivity index (χ1n) is 6.95. The lowest BCUT2D eigenvalue weighted by atomic mass is 10.1. The van der Waals surface area contributed by atoms with Crippen molar-refractivity contribution in [2.75, 3.05) is 11.9 Å². The highest BCUT2D eigenvalue weighted by atomic mass is 35.5. The third-order valence-corrected chi connectivity index (χ3v) is 4.48. The molecule has 0 fully saturated rings. The molecule has 0 bridgehead atoms. The van der Waals surface area contributed by atoms with Gasteiger partial charge in [0.25, 0.3) is 5.56 Å². The molecule has 2 rings (SSSR count). The van der Waals surface area contributed by atoms with Crippen LogP contribution in [0.5, 0.6) is 0 Å². The van der Waals surface area contributed by atoms with Crippen molar-refractivity contribution in [2.24, 2.45) is 5.92 Å². The van der Waals surface area contributed by atoms with Crippen LogP contribution in [-0.2, 0) is 0 Å². The lowest BCUT2D eigenvalue weighted by molar-refractivity contribution is 0.249. The van der Waals surface area contributed by atoms with E-state index in [1.807, 2.05) is 13.8 Å². The van der Waals surface area contributed by atoms with Gasteiger partial charge in [-0.1, -0.05) is 48.7 Å². The zero-order valence-electron chi connectivity index (χ0n) is 12.6. The molecule has 0 aliphatic rings. The summed E-state index contributed by atoms with van der Waals surface area (Å²) in [5, 5.41) is 16.9. The van der Waals surface area contributed by atoms with Crippen molar-refractivity contribution in [1.29, 1.82) is 0 Å². The molecule has 2 aromatic rings. The number of hydrogen-bond acceptors (Lipinski definition) is 4. The summed E-state index contributed by atoms with van der Waals surface area (Å²) < 4.78 is 1.12. The Morgan fingerprint density at radius 2 is 1.96 bits per heavy atom. The van der Waals surface area contributed by atoms with Gasteiger partial charge in [-0.3, -0.25) is 4.79 Å². The van der Waals surface area contributed by atoms with Crippen molar-refractivity contribution in [3.8, 4) is 5.69 Å². The van der Waals surface area contributed by atoms with Crippen LogP contribution in [0.1, 0.15) is 13.8 Å². The molecule has 1 heterocycles. The second-order valence-corrected chi connectivity index (χ2v) is 6.56. The van der Waals surface area contributed by atoms with Gasteiger partial charge in [0.05, 0.1) is 40.3 Å². The fourth-order valence-electron chi connectivity index (χ4n) is 1.97. The average molecular weight is 377 g/mol. The molecule has 5 nitrogen and oxygen atoms in total. The summed E-state index contributed by atoms with van der Waals surface area (Å²) in [4.78, 5) is 12.1. The van der Waals surface area contributed by atoms with Crippen molar-refractivity contribution < 1.29 is 5.11 Å². The number of anilines is 1. The number of nitrogens with one attached hydrogen (secondary N) is 1. The van der Waals surface area contributed by atoms with Crippen molar-refractivity contribution in [2.45, 2.75) is 19.9 Å². The second-order valence-electron chi connectivity index (χ2n) is 5.37. The third-order valence-electron chi connectivity index (χ3n) is 3.42. The van der Waals surface area contributed by atoms with Gasteiger partial charge in [0.15, 0.2) is 0 Å². The van der Waals surface area contributed by atoms with Crippen molar-refractivity contribution in [1.82, 2.24) is 9.78 Å². The average Bonchev–Trinajstić information content (AvgIpc) is 2.51. The van der Waals surface area contributed by atoms with Gasteiger partial charge < -0.3 is 10.4 Å². The fourth-order valence-corrected chi connectivity index (χ4v) is 2.45. The number of nitrogens with zero attached hydrogens (tertiary/aromatic N) is 2. The second kappa shape index (κ2) is 7.53. The minimum Gasteiger partial charge on any atom is -0.394 e. The normalized spacial score (nSPS) is 12.5. The zero-order valence-corrected chi connectivity index (χ0v) is 14.8. The van der Waals surface area contributed by atoms with Crippen LogP contribution in [0.2, 0.25) is 15.1 Å². The van der Waals surface area contributed by atoms with E-state index in [1.54, 1.807) is 18.2 Å². The van der Waals surface area contributed by atoms with Crippen LogP contribution in [-0.4, -0.2) is 27.5 Å². The molecule has 0 unspecified atom stereocenters.